The molecule has 0 aliphatic heterocycles. The van der Waals surface area contributed by atoms with E-state index in [0.29, 0.717) is 0 Å². The Labute approximate surface area is 89.0 Å². The standard InChI is InChI=1S/C12H23OSi/c1-4-14(5-2,6-3)13-12-10-8-7-9-11-12/h8,10H,4-7,9,11H2,1-3H3/q+1. The van der Waals surface area contributed by atoms with Crippen molar-refractivity contribution in [1.29, 1.82) is 0 Å². The lowest BCUT2D eigenvalue weighted by Gasteiger charge is -2.11. The number of hydrogen-bond donors (Lipinski definition) is 0. The van der Waals surface area contributed by atoms with Crippen LogP contribution in [0, 0.1) is 0 Å². The molecule has 0 aromatic heterocycles. The molecule has 80 valence electrons. The highest BCUT2D eigenvalue weighted by molar-refractivity contribution is 6.71. The smallest absolute Gasteiger partial charge is 0.375 e. The normalized spacial score (nSPS) is 20.4. The van der Waals surface area contributed by atoms with Crippen molar-refractivity contribution in [3.8, 4) is 0 Å². The van der Waals surface area contributed by atoms with Crippen LogP contribution >= 0.6 is 0 Å². The van der Waals surface area contributed by atoms with E-state index in [9.17, 15) is 0 Å². The molecule has 0 aromatic carbocycles. The second-order valence-corrected chi connectivity index (χ2v) is 8.80. The first-order chi connectivity index (χ1) is 6.76. The quantitative estimate of drug-likeness (QED) is 0.494. The van der Waals surface area contributed by atoms with Crippen molar-refractivity contribution in [2.45, 2.75) is 58.2 Å². The number of allylic oxidation sites excluding steroid dienone is 2. The fraction of sp³-hybridized carbons (Fsp3) is 0.750. The van der Waals surface area contributed by atoms with Crippen LogP contribution in [0.1, 0.15) is 40.0 Å². The molecule has 0 saturated carbocycles. The molecule has 0 N–H and O–H groups in total. The molecule has 0 bridgehead atoms. The zero-order valence-electron chi connectivity index (χ0n) is 9.81. The Kier molecular flexibility index (Phi) is 4.59. The number of carbonyl (C=O) groups excluding carboxylic acids is 1. The maximum absolute atomic E-state index is 6.30. The van der Waals surface area contributed by atoms with Gasteiger partial charge in [0.2, 0.25) is 0 Å². The molecule has 0 atom stereocenters. The van der Waals surface area contributed by atoms with Gasteiger partial charge in [-0.05, 0) is 12.8 Å². The van der Waals surface area contributed by atoms with Gasteiger partial charge < -0.3 is 4.11 Å². The molecule has 0 radical (unpaired) electrons. The minimum absolute atomic E-state index is 1.16. The zero-order valence-corrected chi connectivity index (χ0v) is 10.8. The first-order valence-corrected chi connectivity index (χ1v) is 8.50. The van der Waals surface area contributed by atoms with E-state index in [1.54, 1.807) is 0 Å². The lowest BCUT2D eigenvalue weighted by atomic mass is 10.1. The molecule has 1 nitrogen and oxygen atoms in total. The van der Waals surface area contributed by atoms with Crippen molar-refractivity contribution in [3.05, 3.63) is 12.2 Å². The second-order valence-electron chi connectivity index (χ2n) is 4.11. The van der Waals surface area contributed by atoms with E-state index >= 15 is 0 Å². The highest BCUT2D eigenvalue weighted by Crippen LogP contribution is 2.20. The molecule has 14 heavy (non-hydrogen) atoms. The predicted octanol–water partition coefficient (Wildman–Crippen LogP) is 3.84. The Bertz CT molecular complexity index is 218. The fourth-order valence-corrected chi connectivity index (χ4v) is 4.68. The van der Waals surface area contributed by atoms with E-state index in [-0.39, 0.29) is 0 Å². The highest BCUT2D eigenvalue weighted by atomic mass is 28.4. The van der Waals surface area contributed by atoms with Gasteiger partial charge in [0.1, 0.15) is 0 Å². The summed E-state index contributed by atoms with van der Waals surface area (Å²) in [6.45, 7) is 6.85. The van der Waals surface area contributed by atoms with E-state index in [0.717, 1.165) is 6.42 Å². The number of ketones is 1. The molecule has 0 saturated heterocycles. The van der Waals surface area contributed by atoms with Gasteiger partial charge in [-0.25, -0.2) is 0 Å². The van der Waals surface area contributed by atoms with Gasteiger partial charge in [0.25, 0.3) is 5.78 Å². The molecule has 1 aliphatic rings. The molecule has 0 aromatic rings. The Morgan fingerprint density at radius 2 is 1.86 bits per heavy atom. The Morgan fingerprint density at radius 3 is 2.29 bits per heavy atom. The highest BCUT2D eigenvalue weighted by Gasteiger charge is 2.44. The van der Waals surface area contributed by atoms with Crippen molar-refractivity contribution in [2.24, 2.45) is 0 Å². The van der Waals surface area contributed by atoms with Gasteiger partial charge in [0.15, 0.2) is 0 Å². The predicted molar refractivity (Wildman–Crippen MR) is 65.2 cm³/mol. The van der Waals surface area contributed by atoms with Crippen LogP contribution in [0.2, 0.25) is 18.1 Å². The van der Waals surface area contributed by atoms with Gasteiger partial charge in [-0.2, -0.15) is 0 Å². The molecule has 0 spiro atoms. The van der Waals surface area contributed by atoms with Crippen LogP contribution in [0.25, 0.3) is 0 Å². The minimum atomic E-state index is -1.39. The Morgan fingerprint density at radius 1 is 1.21 bits per heavy atom. The summed E-state index contributed by atoms with van der Waals surface area (Å²) in [6.07, 6.45) is 8.11. The molecule has 0 amide bonds. The minimum Gasteiger partial charge on any atom is -0.375 e. The summed E-state index contributed by atoms with van der Waals surface area (Å²) in [4.78, 5) is 0. The van der Waals surface area contributed by atoms with Crippen LogP contribution in [0.3, 0.4) is 0 Å². The summed E-state index contributed by atoms with van der Waals surface area (Å²) in [5.41, 5.74) is 0. The molecule has 1 rings (SSSR count). The largest absolute Gasteiger partial charge is 0.517 e. The summed E-state index contributed by atoms with van der Waals surface area (Å²) in [5, 5.41) is 0. The first kappa shape index (κ1) is 11.7. The van der Waals surface area contributed by atoms with Crippen molar-refractivity contribution in [3.63, 3.8) is 0 Å². The molecule has 2 heteroatoms. The van der Waals surface area contributed by atoms with Gasteiger partial charge >= 0.3 is 8.32 Å². The van der Waals surface area contributed by atoms with Gasteiger partial charge in [0.05, 0.1) is 6.42 Å². The van der Waals surface area contributed by atoms with Crippen LogP contribution in [0.5, 0.6) is 0 Å². The average Bonchev–Trinajstić information content (AvgIpc) is 2.28. The van der Waals surface area contributed by atoms with Crippen molar-refractivity contribution in [2.75, 3.05) is 0 Å². The van der Waals surface area contributed by atoms with Crippen molar-refractivity contribution in [1.82, 2.24) is 0 Å². The van der Waals surface area contributed by atoms with Gasteiger partial charge in [-0.15, -0.1) is 0 Å². The maximum atomic E-state index is 6.30. The van der Waals surface area contributed by atoms with E-state index in [2.05, 4.69) is 32.9 Å². The number of rotatable bonds is 4. The number of hydrogen-bond acceptors (Lipinski definition) is 0. The second kappa shape index (κ2) is 5.49. The lowest BCUT2D eigenvalue weighted by Crippen LogP contribution is -2.34. The van der Waals surface area contributed by atoms with Crippen molar-refractivity contribution >= 4 is 14.1 Å². The Balaban J connectivity index is 2.79. The first-order valence-electron chi connectivity index (χ1n) is 5.97. The average molecular weight is 211 g/mol. The summed E-state index contributed by atoms with van der Waals surface area (Å²) < 4.78 is 6.30. The van der Waals surface area contributed by atoms with Crippen LogP contribution in [0.15, 0.2) is 12.2 Å². The summed E-state index contributed by atoms with van der Waals surface area (Å²) in [5.74, 6) is 1.26. The van der Waals surface area contributed by atoms with Crippen molar-refractivity contribution < 1.29 is 4.11 Å². The fourth-order valence-electron chi connectivity index (χ4n) is 2.02. The van der Waals surface area contributed by atoms with E-state index in [1.165, 1.54) is 36.8 Å². The van der Waals surface area contributed by atoms with Crippen LogP contribution in [-0.4, -0.2) is 14.1 Å². The molecule has 0 unspecified atom stereocenters. The van der Waals surface area contributed by atoms with Crippen LogP contribution in [-0.2, 0) is 4.11 Å². The summed E-state index contributed by atoms with van der Waals surface area (Å²) in [7, 11) is -1.39. The third-order valence-electron chi connectivity index (χ3n) is 3.38. The molecular weight excluding hydrogens is 188 g/mol. The van der Waals surface area contributed by atoms with Gasteiger partial charge in [0, 0.05) is 24.2 Å². The van der Waals surface area contributed by atoms with Crippen LogP contribution < -0.4 is 0 Å². The monoisotopic (exact) mass is 211 g/mol. The lowest BCUT2D eigenvalue weighted by molar-refractivity contribution is -0.310. The SMILES string of the molecule is CC[Si](CC)(CC)[O+]=C1C=CCCC1. The molecule has 1 aliphatic carbocycles. The molecule has 0 heterocycles. The third kappa shape index (κ3) is 2.81. The maximum Gasteiger partial charge on any atom is 0.517 e. The summed E-state index contributed by atoms with van der Waals surface area (Å²) in [6, 6.07) is 3.74. The molecule has 0 fully saturated rings. The molecular formula is C12H23OSi+. The summed E-state index contributed by atoms with van der Waals surface area (Å²) >= 11 is 0. The topological polar surface area (TPSA) is 11.3 Å². The third-order valence-corrected chi connectivity index (χ3v) is 7.94. The van der Waals surface area contributed by atoms with Crippen LogP contribution in [0.4, 0.5) is 0 Å². The van der Waals surface area contributed by atoms with Gasteiger partial charge in [-0.3, -0.25) is 0 Å². The van der Waals surface area contributed by atoms with E-state index < -0.39 is 8.32 Å². The van der Waals surface area contributed by atoms with E-state index in [1.807, 2.05) is 0 Å². The van der Waals surface area contributed by atoms with Gasteiger partial charge in [-0.1, -0.05) is 26.8 Å². The Hall–Kier alpha value is -0.373. The van der Waals surface area contributed by atoms with E-state index in [4.69, 9.17) is 4.11 Å². The zero-order chi connectivity index (χ0) is 10.4.